The molecule has 2 aromatic carbocycles. The highest BCUT2D eigenvalue weighted by molar-refractivity contribution is 7.86. The Morgan fingerprint density at radius 1 is 1.09 bits per heavy atom. The van der Waals surface area contributed by atoms with Crippen LogP contribution in [0.4, 0.5) is 21.5 Å². The lowest BCUT2D eigenvalue weighted by Crippen LogP contribution is -2.37. The first-order valence-corrected chi connectivity index (χ1v) is 12.6. The SMILES string of the molecule is Cc1cc(C)c(N2CCOCC2)c(C)c1NC(=O)c1sccc1NS(=O)c1ccc(F)cc1. The minimum atomic E-state index is -1.62. The van der Waals surface area contributed by atoms with Crippen molar-refractivity contribution in [2.75, 3.05) is 41.2 Å². The van der Waals surface area contributed by atoms with Gasteiger partial charge in [0.25, 0.3) is 5.91 Å². The normalized spacial score (nSPS) is 14.7. The van der Waals surface area contributed by atoms with Crippen molar-refractivity contribution in [2.45, 2.75) is 25.7 Å². The number of nitrogens with one attached hydrogen (secondary N) is 2. The van der Waals surface area contributed by atoms with Gasteiger partial charge in [0.05, 0.1) is 23.8 Å². The summed E-state index contributed by atoms with van der Waals surface area (Å²) >= 11 is 1.27. The molecule has 0 aliphatic carbocycles. The number of benzene rings is 2. The molecule has 1 aliphatic heterocycles. The van der Waals surface area contributed by atoms with Crippen molar-refractivity contribution in [1.82, 2.24) is 0 Å². The van der Waals surface area contributed by atoms with Crippen molar-refractivity contribution in [3.63, 3.8) is 0 Å². The van der Waals surface area contributed by atoms with Crippen LogP contribution in [0.15, 0.2) is 46.7 Å². The van der Waals surface area contributed by atoms with E-state index in [1.54, 1.807) is 11.4 Å². The van der Waals surface area contributed by atoms with Crippen molar-refractivity contribution >= 4 is 45.3 Å². The summed E-state index contributed by atoms with van der Waals surface area (Å²) < 4.78 is 34.2. The Balaban J connectivity index is 1.56. The number of thiophene rings is 1. The molecule has 1 aromatic heterocycles. The maximum atomic E-state index is 13.2. The number of nitrogens with zero attached hydrogens (tertiary/aromatic N) is 1. The van der Waals surface area contributed by atoms with Gasteiger partial charge in [-0.05, 0) is 73.2 Å². The Morgan fingerprint density at radius 2 is 1.79 bits per heavy atom. The van der Waals surface area contributed by atoms with E-state index in [4.69, 9.17) is 4.74 Å². The molecule has 1 atom stereocenters. The number of aryl methyl sites for hydroxylation is 2. The largest absolute Gasteiger partial charge is 0.378 e. The molecule has 2 heterocycles. The van der Waals surface area contributed by atoms with E-state index in [2.05, 4.69) is 27.9 Å². The molecule has 0 bridgehead atoms. The van der Waals surface area contributed by atoms with Gasteiger partial charge in [0.1, 0.15) is 21.7 Å². The van der Waals surface area contributed by atoms with Crippen molar-refractivity contribution in [3.8, 4) is 0 Å². The zero-order valence-electron chi connectivity index (χ0n) is 18.7. The van der Waals surface area contributed by atoms with Crippen LogP contribution in [-0.4, -0.2) is 36.4 Å². The van der Waals surface area contributed by atoms with Gasteiger partial charge in [0, 0.05) is 24.5 Å². The molecule has 1 fully saturated rings. The fourth-order valence-corrected chi connectivity index (χ4v) is 5.77. The van der Waals surface area contributed by atoms with Crippen LogP contribution in [0.5, 0.6) is 0 Å². The van der Waals surface area contributed by atoms with Crippen LogP contribution in [0, 0.1) is 26.6 Å². The first kappa shape index (κ1) is 23.4. The van der Waals surface area contributed by atoms with Crippen molar-refractivity contribution in [3.05, 3.63) is 69.2 Å². The van der Waals surface area contributed by atoms with Crippen LogP contribution in [0.1, 0.15) is 26.4 Å². The van der Waals surface area contributed by atoms with E-state index in [-0.39, 0.29) is 5.91 Å². The van der Waals surface area contributed by atoms with Crippen LogP contribution >= 0.6 is 11.3 Å². The molecular formula is C24H26FN3O3S2. The maximum absolute atomic E-state index is 13.2. The van der Waals surface area contributed by atoms with Gasteiger partial charge in [0.2, 0.25) is 0 Å². The van der Waals surface area contributed by atoms with Gasteiger partial charge >= 0.3 is 0 Å². The van der Waals surface area contributed by atoms with E-state index in [0.29, 0.717) is 28.7 Å². The van der Waals surface area contributed by atoms with Gasteiger partial charge in [-0.2, -0.15) is 0 Å². The minimum Gasteiger partial charge on any atom is -0.378 e. The lowest BCUT2D eigenvalue weighted by molar-refractivity contribution is 0.103. The summed E-state index contributed by atoms with van der Waals surface area (Å²) in [5.41, 5.74) is 5.54. The quantitative estimate of drug-likeness (QED) is 0.511. The maximum Gasteiger partial charge on any atom is 0.267 e. The summed E-state index contributed by atoms with van der Waals surface area (Å²) in [5.74, 6) is -0.668. The number of carbonyl (C=O) groups is 1. The Morgan fingerprint density at radius 3 is 2.48 bits per heavy atom. The fourth-order valence-electron chi connectivity index (χ4n) is 4.09. The molecule has 1 amide bonds. The number of hydrogen-bond donors (Lipinski definition) is 2. The number of amides is 1. The first-order valence-electron chi connectivity index (χ1n) is 10.6. The summed E-state index contributed by atoms with van der Waals surface area (Å²) in [6, 6.07) is 9.23. The van der Waals surface area contributed by atoms with E-state index >= 15 is 0 Å². The van der Waals surface area contributed by atoms with Gasteiger partial charge in [-0.3, -0.25) is 9.52 Å². The third-order valence-electron chi connectivity index (χ3n) is 5.60. The third kappa shape index (κ3) is 5.10. The number of hydrogen-bond acceptors (Lipinski definition) is 5. The number of halogens is 1. The molecule has 0 spiro atoms. The standard InChI is InChI=1S/C24H26FN3O3S2/c1-15-14-16(2)22(28-9-11-31-12-10-28)17(3)21(15)26-24(29)23-20(8-13-32-23)27-33(30)19-6-4-18(25)5-7-19/h4-8,13-14,27H,9-12H2,1-3H3,(H,26,29). The van der Waals surface area contributed by atoms with Gasteiger partial charge in [-0.15, -0.1) is 11.3 Å². The van der Waals surface area contributed by atoms with E-state index in [1.165, 1.54) is 35.6 Å². The first-order chi connectivity index (χ1) is 15.8. The second kappa shape index (κ2) is 10.0. The Labute approximate surface area is 199 Å². The third-order valence-corrected chi connectivity index (χ3v) is 7.62. The molecule has 33 heavy (non-hydrogen) atoms. The average Bonchev–Trinajstić information content (AvgIpc) is 3.25. The topological polar surface area (TPSA) is 70.7 Å². The molecule has 0 radical (unpaired) electrons. The molecule has 6 nitrogen and oxygen atoms in total. The predicted molar refractivity (Wildman–Crippen MR) is 132 cm³/mol. The smallest absolute Gasteiger partial charge is 0.267 e. The zero-order chi connectivity index (χ0) is 23.5. The Kier molecular flexibility index (Phi) is 7.11. The second-order valence-corrected chi connectivity index (χ2v) is 10.0. The summed E-state index contributed by atoms with van der Waals surface area (Å²) in [6.07, 6.45) is 0. The van der Waals surface area contributed by atoms with Crippen LogP contribution < -0.4 is 14.9 Å². The second-order valence-electron chi connectivity index (χ2n) is 7.90. The van der Waals surface area contributed by atoms with Crippen molar-refractivity contribution in [1.29, 1.82) is 0 Å². The van der Waals surface area contributed by atoms with Gasteiger partial charge in [0.15, 0.2) is 0 Å². The molecule has 0 saturated carbocycles. The minimum absolute atomic E-state index is 0.272. The summed E-state index contributed by atoms with van der Waals surface area (Å²) in [5, 5.41) is 4.84. The molecule has 1 unspecified atom stereocenters. The number of anilines is 3. The van der Waals surface area contributed by atoms with E-state index in [1.807, 2.05) is 13.8 Å². The van der Waals surface area contributed by atoms with Gasteiger partial charge in [-0.1, -0.05) is 6.07 Å². The predicted octanol–water partition coefficient (Wildman–Crippen LogP) is 5.04. The van der Waals surface area contributed by atoms with Crippen molar-refractivity contribution in [2.24, 2.45) is 0 Å². The van der Waals surface area contributed by atoms with Crippen LogP contribution in [0.2, 0.25) is 0 Å². The summed E-state index contributed by atoms with van der Waals surface area (Å²) in [4.78, 5) is 16.4. The molecule has 4 rings (SSSR count). The Hall–Kier alpha value is -2.75. The number of ether oxygens (including phenoxy) is 1. The molecule has 1 saturated heterocycles. The van der Waals surface area contributed by atoms with Crippen LogP contribution in [0.3, 0.4) is 0 Å². The van der Waals surface area contributed by atoms with Crippen LogP contribution in [-0.2, 0) is 15.7 Å². The monoisotopic (exact) mass is 487 g/mol. The van der Waals surface area contributed by atoms with Gasteiger partial charge < -0.3 is 15.0 Å². The zero-order valence-corrected chi connectivity index (χ0v) is 20.4. The Bertz CT molecular complexity index is 1190. The molecule has 174 valence electrons. The van der Waals surface area contributed by atoms with E-state index < -0.39 is 16.8 Å². The fraction of sp³-hybridized carbons (Fsp3) is 0.292. The molecule has 3 aromatic rings. The highest BCUT2D eigenvalue weighted by Gasteiger charge is 2.22. The van der Waals surface area contributed by atoms with Gasteiger partial charge in [-0.25, -0.2) is 8.60 Å². The van der Waals surface area contributed by atoms with Crippen LogP contribution in [0.25, 0.3) is 0 Å². The lowest BCUT2D eigenvalue weighted by atomic mass is 10.0. The molecule has 2 N–H and O–H groups in total. The summed E-state index contributed by atoms with van der Waals surface area (Å²) in [6.45, 7) is 9.09. The number of carbonyl (C=O) groups excluding carboxylic acids is 1. The lowest BCUT2D eigenvalue weighted by Gasteiger charge is -2.32. The van der Waals surface area contributed by atoms with E-state index in [0.717, 1.165) is 41.2 Å². The van der Waals surface area contributed by atoms with Crippen molar-refractivity contribution < 1.29 is 18.1 Å². The van der Waals surface area contributed by atoms with E-state index in [9.17, 15) is 13.4 Å². The average molecular weight is 488 g/mol. The number of morpholine rings is 1. The highest BCUT2D eigenvalue weighted by Crippen LogP contribution is 2.35. The number of rotatable bonds is 6. The molecule has 1 aliphatic rings. The molecule has 9 heteroatoms. The molecular weight excluding hydrogens is 461 g/mol. The highest BCUT2D eigenvalue weighted by atomic mass is 32.2. The summed E-state index contributed by atoms with van der Waals surface area (Å²) in [7, 11) is -1.62.